The molecule has 3 amide bonds. The highest BCUT2D eigenvalue weighted by Gasteiger charge is 2.26. The quantitative estimate of drug-likeness (QED) is 0.220. The predicted octanol–water partition coefficient (Wildman–Crippen LogP) is 7.23. The second-order valence-corrected chi connectivity index (χ2v) is 12.7. The number of nitrogens with one attached hydrogen (secondary N) is 2. The number of amides is 3. The van der Waals surface area contributed by atoms with E-state index in [0.717, 1.165) is 41.8 Å². The summed E-state index contributed by atoms with van der Waals surface area (Å²) in [6, 6.07) is 21.1. The molecule has 3 aromatic carbocycles. The highest BCUT2D eigenvalue weighted by Crippen LogP contribution is 2.30. The Morgan fingerprint density at radius 3 is 2.42 bits per heavy atom. The monoisotopic (exact) mass is 609 g/mol. The first-order valence-electron chi connectivity index (χ1n) is 15.4. The van der Waals surface area contributed by atoms with Crippen LogP contribution < -0.4 is 20.1 Å². The summed E-state index contributed by atoms with van der Waals surface area (Å²) in [5, 5.41) is 10.4. The summed E-state index contributed by atoms with van der Waals surface area (Å²) in [5.41, 5.74) is 5.60. The van der Waals surface area contributed by atoms with Crippen LogP contribution in [0.15, 0.2) is 72.9 Å². The van der Waals surface area contributed by atoms with E-state index in [1.165, 1.54) is 5.56 Å². The number of carbonyl (C=O) groups excluding carboxylic acids is 2. The molecule has 1 fully saturated rings. The van der Waals surface area contributed by atoms with Gasteiger partial charge in [-0.2, -0.15) is 5.10 Å². The summed E-state index contributed by atoms with van der Waals surface area (Å²) in [5.74, 6) is 2.18. The van der Waals surface area contributed by atoms with Gasteiger partial charge in [-0.3, -0.25) is 10.1 Å². The van der Waals surface area contributed by atoms with Crippen LogP contribution in [0.1, 0.15) is 60.7 Å². The normalized spacial score (nSPS) is 13.8. The van der Waals surface area contributed by atoms with E-state index < -0.39 is 0 Å². The number of aryl methyl sites for hydroxylation is 1. The predicted molar refractivity (Wildman–Crippen MR) is 178 cm³/mol. The van der Waals surface area contributed by atoms with Crippen LogP contribution in [0.25, 0.3) is 5.69 Å². The standard InChI is InChI=1S/C36H43N5O4/c1-24-10-11-27(36(2,3)4)22-31(24)41-33(14-17-37-41)39-35(43)38-28-9-7-8-26(21-28)20-25-15-18-40(19-16-25)34(42)30-13-12-29(44-5)23-32(30)45-6/h7-14,17,21-23,25H,15-16,18-20H2,1-6H3,(H2,38,39,43). The number of likely N-dealkylation sites (tertiary alicyclic amines) is 1. The molecular formula is C36H43N5O4. The van der Waals surface area contributed by atoms with Crippen LogP contribution in [-0.4, -0.2) is 53.9 Å². The molecule has 5 rings (SSSR count). The van der Waals surface area contributed by atoms with Crippen molar-refractivity contribution in [3.8, 4) is 17.2 Å². The molecule has 1 aromatic heterocycles. The Hall–Kier alpha value is -4.79. The molecule has 1 saturated heterocycles. The third kappa shape index (κ3) is 7.48. The van der Waals surface area contributed by atoms with Gasteiger partial charge >= 0.3 is 6.03 Å². The molecular weight excluding hydrogens is 566 g/mol. The maximum absolute atomic E-state index is 13.2. The first-order chi connectivity index (χ1) is 21.5. The van der Waals surface area contributed by atoms with Crippen LogP contribution in [-0.2, 0) is 11.8 Å². The number of methoxy groups -OCH3 is 2. The molecule has 4 aromatic rings. The van der Waals surface area contributed by atoms with E-state index in [1.54, 1.807) is 49.4 Å². The number of benzene rings is 3. The third-order valence-corrected chi connectivity index (χ3v) is 8.44. The van der Waals surface area contributed by atoms with Gasteiger partial charge in [0.15, 0.2) is 0 Å². The highest BCUT2D eigenvalue weighted by molar-refractivity contribution is 5.99. The van der Waals surface area contributed by atoms with E-state index in [9.17, 15) is 9.59 Å². The molecule has 236 valence electrons. The molecule has 0 unspecified atom stereocenters. The summed E-state index contributed by atoms with van der Waals surface area (Å²) >= 11 is 0. The fourth-order valence-corrected chi connectivity index (χ4v) is 5.77. The second kappa shape index (κ2) is 13.5. The molecule has 1 aliphatic rings. The molecule has 1 aliphatic heterocycles. The largest absolute Gasteiger partial charge is 0.497 e. The molecule has 45 heavy (non-hydrogen) atoms. The van der Waals surface area contributed by atoms with Gasteiger partial charge in [0.05, 0.1) is 31.7 Å². The topological polar surface area (TPSA) is 97.7 Å². The Bertz CT molecular complexity index is 1660. The van der Waals surface area contributed by atoms with Crippen LogP contribution in [0.2, 0.25) is 0 Å². The van der Waals surface area contributed by atoms with Crippen molar-refractivity contribution in [3.63, 3.8) is 0 Å². The average molecular weight is 610 g/mol. The van der Waals surface area contributed by atoms with Gasteiger partial charge in [0.1, 0.15) is 17.3 Å². The molecule has 0 spiro atoms. The number of carbonyl (C=O) groups is 2. The van der Waals surface area contributed by atoms with E-state index >= 15 is 0 Å². The Morgan fingerprint density at radius 1 is 0.933 bits per heavy atom. The molecule has 0 radical (unpaired) electrons. The molecule has 2 N–H and O–H groups in total. The van der Waals surface area contributed by atoms with Gasteiger partial charge in [0.2, 0.25) is 0 Å². The lowest BCUT2D eigenvalue weighted by molar-refractivity contribution is 0.0687. The number of nitrogens with zero attached hydrogens (tertiary/aromatic N) is 3. The molecule has 0 bridgehead atoms. The minimum atomic E-state index is -0.334. The molecule has 0 saturated carbocycles. The summed E-state index contributed by atoms with van der Waals surface area (Å²) < 4.78 is 12.5. The lowest BCUT2D eigenvalue weighted by Crippen LogP contribution is -2.39. The molecule has 2 heterocycles. The van der Waals surface area contributed by atoms with Crippen molar-refractivity contribution in [2.75, 3.05) is 37.9 Å². The van der Waals surface area contributed by atoms with Gasteiger partial charge in [0, 0.05) is 30.9 Å². The zero-order chi connectivity index (χ0) is 32.1. The Balaban J connectivity index is 1.18. The Labute approximate surface area is 265 Å². The van der Waals surface area contributed by atoms with Crippen molar-refractivity contribution in [2.45, 2.75) is 52.4 Å². The fourth-order valence-electron chi connectivity index (χ4n) is 5.77. The third-order valence-electron chi connectivity index (χ3n) is 8.44. The minimum absolute atomic E-state index is 0.00852. The number of anilines is 2. The summed E-state index contributed by atoms with van der Waals surface area (Å²) in [4.78, 5) is 28.2. The van der Waals surface area contributed by atoms with E-state index in [2.05, 4.69) is 60.8 Å². The van der Waals surface area contributed by atoms with Crippen LogP contribution in [0, 0.1) is 12.8 Å². The van der Waals surface area contributed by atoms with E-state index in [-0.39, 0.29) is 17.4 Å². The number of aromatic nitrogens is 2. The maximum Gasteiger partial charge on any atom is 0.324 e. The van der Waals surface area contributed by atoms with Gasteiger partial charge < -0.3 is 19.7 Å². The number of urea groups is 1. The number of rotatable bonds is 8. The maximum atomic E-state index is 13.2. The summed E-state index contributed by atoms with van der Waals surface area (Å²) in [6.45, 7) is 9.94. The lowest BCUT2D eigenvalue weighted by Gasteiger charge is -2.32. The summed E-state index contributed by atoms with van der Waals surface area (Å²) in [6.07, 6.45) is 4.37. The zero-order valence-corrected chi connectivity index (χ0v) is 27.0. The summed E-state index contributed by atoms with van der Waals surface area (Å²) in [7, 11) is 3.15. The van der Waals surface area contributed by atoms with Gasteiger partial charge in [-0.05, 0) is 84.5 Å². The zero-order valence-electron chi connectivity index (χ0n) is 27.0. The van der Waals surface area contributed by atoms with Crippen molar-refractivity contribution in [3.05, 3.63) is 95.2 Å². The second-order valence-electron chi connectivity index (χ2n) is 12.7. The Kier molecular flexibility index (Phi) is 9.46. The fraction of sp³-hybridized carbons (Fsp3) is 0.361. The Morgan fingerprint density at radius 2 is 1.71 bits per heavy atom. The van der Waals surface area contributed by atoms with Crippen LogP contribution in [0.4, 0.5) is 16.3 Å². The SMILES string of the molecule is COc1ccc(C(=O)N2CCC(Cc3cccc(NC(=O)Nc4ccnn4-c4cc(C(C)(C)C)ccc4C)c3)CC2)c(OC)c1. The molecule has 0 atom stereocenters. The van der Waals surface area contributed by atoms with Crippen molar-refractivity contribution in [1.29, 1.82) is 0 Å². The van der Waals surface area contributed by atoms with Crippen molar-refractivity contribution < 1.29 is 19.1 Å². The van der Waals surface area contributed by atoms with E-state index in [4.69, 9.17) is 9.47 Å². The van der Waals surface area contributed by atoms with Crippen molar-refractivity contribution >= 4 is 23.4 Å². The van der Waals surface area contributed by atoms with Crippen LogP contribution in [0.5, 0.6) is 11.5 Å². The lowest BCUT2D eigenvalue weighted by atomic mass is 9.86. The van der Waals surface area contributed by atoms with Gasteiger partial charge in [-0.1, -0.05) is 45.0 Å². The van der Waals surface area contributed by atoms with Crippen LogP contribution >= 0.6 is 0 Å². The van der Waals surface area contributed by atoms with E-state index in [1.807, 2.05) is 30.0 Å². The number of ether oxygens (including phenoxy) is 2. The first kappa shape index (κ1) is 31.6. The van der Waals surface area contributed by atoms with Crippen LogP contribution in [0.3, 0.4) is 0 Å². The van der Waals surface area contributed by atoms with Gasteiger partial charge in [-0.15, -0.1) is 0 Å². The number of hydrogen-bond acceptors (Lipinski definition) is 5. The van der Waals surface area contributed by atoms with Crippen molar-refractivity contribution in [1.82, 2.24) is 14.7 Å². The number of piperidine rings is 1. The average Bonchev–Trinajstić information content (AvgIpc) is 3.48. The van der Waals surface area contributed by atoms with Gasteiger partial charge in [-0.25, -0.2) is 9.48 Å². The van der Waals surface area contributed by atoms with Gasteiger partial charge in [0.25, 0.3) is 5.91 Å². The van der Waals surface area contributed by atoms with Crippen molar-refractivity contribution in [2.24, 2.45) is 5.92 Å². The molecule has 0 aliphatic carbocycles. The minimum Gasteiger partial charge on any atom is -0.497 e. The number of hydrogen-bond donors (Lipinski definition) is 2. The molecule has 9 heteroatoms. The first-order valence-corrected chi connectivity index (χ1v) is 15.4. The highest BCUT2D eigenvalue weighted by atomic mass is 16.5. The van der Waals surface area contributed by atoms with E-state index in [0.29, 0.717) is 41.9 Å². The molecule has 9 nitrogen and oxygen atoms in total. The smallest absolute Gasteiger partial charge is 0.324 e.